The van der Waals surface area contributed by atoms with Crippen molar-refractivity contribution in [2.45, 2.75) is 25.9 Å². The van der Waals surface area contributed by atoms with Gasteiger partial charge >= 0.3 is 5.69 Å². The molecule has 0 unspecified atom stereocenters. The molecule has 0 radical (unpaired) electrons. The predicted molar refractivity (Wildman–Crippen MR) is 146 cm³/mol. The molecule has 3 heterocycles. The Morgan fingerprint density at radius 1 is 1.05 bits per heavy atom. The molecule has 1 aliphatic heterocycles. The Hall–Kier alpha value is -3.48. The summed E-state index contributed by atoms with van der Waals surface area (Å²) in [4.78, 5) is 43.8. The highest BCUT2D eigenvalue weighted by molar-refractivity contribution is 7.91. The Bertz CT molecular complexity index is 1830. The van der Waals surface area contributed by atoms with Crippen molar-refractivity contribution in [2.24, 2.45) is 11.7 Å². The Balaban J connectivity index is 1.84. The molecular formula is C25H22Cl2FN5O5S. The van der Waals surface area contributed by atoms with E-state index in [9.17, 15) is 27.2 Å². The number of hydrogen-bond acceptors (Lipinski definition) is 6. The second-order valence-corrected chi connectivity index (χ2v) is 12.5. The van der Waals surface area contributed by atoms with Crippen molar-refractivity contribution in [3.05, 3.63) is 79.2 Å². The molecule has 0 saturated carbocycles. The van der Waals surface area contributed by atoms with Crippen LogP contribution in [0.4, 0.5) is 4.39 Å². The van der Waals surface area contributed by atoms with Gasteiger partial charge in [0.25, 0.3) is 5.56 Å². The number of benzene rings is 2. The Morgan fingerprint density at radius 3 is 2.33 bits per heavy atom. The minimum atomic E-state index is -3.16. The third-order valence-electron chi connectivity index (χ3n) is 6.71. The summed E-state index contributed by atoms with van der Waals surface area (Å²) in [7, 11) is -3.16. The van der Waals surface area contributed by atoms with Crippen LogP contribution in [0.3, 0.4) is 0 Å². The van der Waals surface area contributed by atoms with Crippen LogP contribution in [0.15, 0.2) is 52.1 Å². The van der Waals surface area contributed by atoms with E-state index in [4.69, 9.17) is 28.9 Å². The smallest absolute Gasteiger partial charge is 0.333 e. The first-order valence-electron chi connectivity index (χ1n) is 11.9. The number of nitrogens with zero attached hydrogens (tertiary/aromatic N) is 4. The second kappa shape index (κ2) is 10.2. The summed E-state index contributed by atoms with van der Waals surface area (Å²) in [6, 6.07) is 10.1. The van der Waals surface area contributed by atoms with Gasteiger partial charge in [-0.2, -0.15) is 0 Å². The number of halogens is 3. The normalized spacial score (nSPS) is 15.6. The largest absolute Gasteiger partial charge is 0.368 e. The van der Waals surface area contributed by atoms with Crippen molar-refractivity contribution in [2.75, 3.05) is 11.5 Å². The molecule has 0 bridgehead atoms. The monoisotopic (exact) mass is 593 g/mol. The van der Waals surface area contributed by atoms with E-state index >= 15 is 0 Å². The first-order chi connectivity index (χ1) is 18.4. The number of carbonyl (C=O) groups is 1. The van der Waals surface area contributed by atoms with Gasteiger partial charge in [0.2, 0.25) is 5.91 Å². The highest BCUT2D eigenvalue weighted by Gasteiger charge is 2.29. The third-order valence-corrected chi connectivity index (χ3v) is 8.99. The van der Waals surface area contributed by atoms with Gasteiger partial charge in [0, 0.05) is 22.8 Å². The fraction of sp³-hybridized carbons (Fsp3) is 0.280. The average Bonchev–Trinajstić information content (AvgIpc) is 3.26. The van der Waals surface area contributed by atoms with Gasteiger partial charge in [-0.1, -0.05) is 23.2 Å². The molecule has 0 aliphatic carbocycles. The molecule has 204 valence electrons. The quantitative estimate of drug-likeness (QED) is 0.364. The molecule has 1 amide bonds. The van der Waals surface area contributed by atoms with Crippen LogP contribution < -0.4 is 17.0 Å². The standard InChI is InChI=1S/C25H22Cl2FN5O5S/c26-15-1-4-17(5-2-15)33-21-23(30-22(33)18-6-3-16(28)11-19(18)27)31(12-14-7-9-39(37,38)10-8-14)25(36)32(24(21)35)13-20(29)34/h1-6,11,14H,7-10,12-13H2,(H2,29,34). The molecule has 1 aliphatic rings. The van der Waals surface area contributed by atoms with Gasteiger partial charge in [0.05, 0.1) is 16.5 Å². The number of fused-ring (bicyclic) bond motifs is 1. The maximum atomic E-state index is 13.9. The zero-order valence-corrected chi connectivity index (χ0v) is 22.6. The van der Waals surface area contributed by atoms with Crippen molar-refractivity contribution < 1.29 is 17.6 Å². The van der Waals surface area contributed by atoms with Crippen LogP contribution >= 0.6 is 23.2 Å². The van der Waals surface area contributed by atoms with E-state index in [1.54, 1.807) is 24.3 Å². The van der Waals surface area contributed by atoms with E-state index in [1.807, 2.05) is 0 Å². The fourth-order valence-corrected chi connectivity index (χ4v) is 6.74. The minimum Gasteiger partial charge on any atom is -0.368 e. The van der Waals surface area contributed by atoms with E-state index in [2.05, 4.69) is 4.98 Å². The van der Waals surface area contributed by atoms with Crippen molar-refractivity contribution in [1.82, 2.24) is 18.7 Å². The average molecular weight is 594 g/mol. The van der Waals surface area contributed by atoms with Crippen LogP contribution in [0.5, 0.6) is 0 Å². The Kier molecular flexibility index (Phi) is 7.12. The zero-order valence-electron chi connectivity index (χ0n) is 20.3. The van der Waals surface area contributed by atoms with Crippen LogP contribution in [0, 0.1) is 11.7 Å². The maximum absolute atomic E-state index is 13.9. The topological polar surface area (TPSA) is 139 Å². The van der Waals surface area contributed by atoms with Crippen LogP contribution in [0.25, 0.3) is 28.2 Å². The fourth-order valence-electron chi connectivity index (χ4n) is 4.77. The summed E-state index contributed by atoms with van der Waals surface area (Å²) in [6.45, 7) is -0.622. The number of rotatable bonds is 6. The zero-order chi connectivity index (χ0) is 28.1. The first kappa shape index (κ1) is 27.1. The lowest BCUT2D eigenvalue weighted by Gasteiger charge is -2.23. The summed E-state index contributed by atoms with van der Waals surface area (Å²) < 4.78 is 41.3. The first-order valence-corrected chi connectivity index (χ1v) is 14.5. The maximum Gasteiger partial charge on any atom is 0.333 e. The SMILES string of the molecule is NC(=O)Cn1c(=O)c2c(nc(-c3ccc(F)cc3Cl)n2-c2ccc(Cl)cc2)n(CC2CCS(=O)(=O)CC2)c1=O. The van der Waals surface area contributed by atoms with Gasteiger partial charge < -0.3 is 5.73 Å². The van der Waals surface area contributed by atoms with E-state index in [0.29, 0.717) is 23.6 Å². The molecule has 4 aromatic rings. The molecule has 10 nitrogen and oxygen atoms in total. The molecule has 2 aromatic heterocycles. The van der Waals surface area contributed by atoms with Gasteiger partial charge in [-0.15, -0.1) is 0 Å². The molecule has 2 N–H and O–H groups in total. The van der Waals surface area contributed by atoms with Crippen LogP contribution in [-0.2, 0) is 27.7 Å². The molecular weight excluding hydrogens is 572 g/mol. The van der Waals surface area contributed by atoms with Gasteiger partial charge in [0.15, 0.2) is 11.2 Å². The van der Waals surface area contributed by atoms with Crippen LogP contribution in [0.1, 0.15) is 12.8 Å². The number of nitrogens with two attached hydrogens (primary N) is 1. The van der Waals surface area contributed by atoms with Gasteiger partial charge in [-0.05, 0) is 61.2 Å². The van der Waals surface area contributed by atoms with Crippen molar-refractivity contribution >= 4 is 50.1 Å². The van der Waals surface area contributed by atoms with Crippen LogP contribution in [0.2, 0.25) is 10.0 Å². The van der Waals surface area contributed by atoms with E-state index in [0.717, 1.165) is 10.6 Å². The number of amides is 1. The molecule has 5 rings (SSSR count). The third kappa shape index (κ3) is 5.23. The molecule has 0 atom stereocenters. The minimum absolute atomic E-state index is 0.00416. The summed E-state index contributed by atoms with van der Waals surface area (Å²) in [6.07, 6.45) is 0.638. The van der Waals surface area contributed by atoms with Crippen molar-refractivity contribution in [1.29, 1.82) is 0 Å². The van der Waals surface area contributed by atoms with Crippen molar-refractivity contribution in [3.8, 4) is 17.1 Å². The summed E-state index contributed by atoms with van der Waals surface area (Å²) in [5.41, 5.74) is 4.42. The van der Waals surface area contributed by atoms with Gasteiger partial charge in [-0.25, -0.2) is 27.2 Å². The number of carbonyl (C=O) groups excluding carboxylic acids is 1. The Morgan fingerprint density at radius 2 is 1.72 bits per heavy atom. The summed E-state index contributed by atoms with van der Waals surface area (Å²) in [5, 5.41) is 0.448. The van der Waals surface area contributed by atoms with E-state index in [-0.39, 0.29) is 51.5 Å². The predicted octanol–water partition coefficient (Wildman–Crippen LogP) is 2.77. The lowest BCUT2D eigenvalue weighted by Crippen LogP contribution is -2.44. The lowest BCUT2D eigenvalue weighted by molar-refractivity contribution is -0.118. The Labute approximate surface area is 231 Å². The number of aromatic nitrogens is 4. The number of primary amides is 1. The number of sulfone groups is 1. The molecule has 0 spiro atoms. The van der Waals surface area contributed by atoms with Gasteiger partial charge in [0.1, 0.15) is 28.0 Å². The molecule has 1 fully saturated rings. The molecule has 39 heavy (non-hydrogen) atoms. The number of imidazole rings is 1. The molecule has 1 saturated heterocycles. The van der Waals surface area contributed by atoms with E-state index in [1.165, 1.54) is 21.3 Å². The number of hydrogen-bond donors (Lipinski definition) is 1. The van der Waals surface area contributed by atoms with Crippen molar-refractivity contribution in [3.63, 3.8) is 0 Å². The second-order valence-electron chi connectivity index (χ2n) is 9.39. The van der Waals surface area contributed by atoms with E-state index < -0.39 is 39.4 Å². The molecule has 2 aromatic carbocycles. The van der Waals surface area contributed by atoms with Crippen LogP contribution in [-0.4, -0.2) is 44.5 Å². The van der Waals surface area contributed by atoms with Gasteiger partial charge in [-0.3, -0.25) is 18.7 Å². The lowest BCUT2D eigenvalue weighted by atomic mass is 10.0. The highest BCUT2D eigenvalue weighted by atomic mass is 35.5. The summed E-state index contributed by atoms with van der Waals surface area (Å²) >= 11 is 12.5. The highest BCUT2D eigenvalue weighted by Crippen LogP contribution is 2.33. The summed E-state index contributed by atoms with van der Waals surface area (Å²) in [5.74, 6) is -1.58. The molecule has 14 heteroatoms.